The lowest BCUT2D eigenvalue weighted by molar-refractivity contribution is 0.140. The zero-order valence-electron chi connectivity index (χ0n) is 14.2. The SMILES string of the molecule is O=C(NCCC#Cc1ccc2ccc(O)cc2c1)OCc1ccccc1. The number of nitrogens with one attached hydrogen (secondary N) is 1. The number of amides is 1. The van der Waals surface area contributed by atoms with Gasteiger partial charge < -0.3 is 15.2 Å². The molecule has 0 aromatic heterocycles. The van der Waals surface area contributed by atoms with Gasteiger partial charge in [0, 0.05) is 18.5 Å². The second kappa shape index (κ2) is 8.59. The Kier molecular flexibility index (Phi) is 5.74. The zero-order chi connectivity index (χ0) is 18.2. The highest BCUT2D eigenvalue weighted by Gasteiger charge is 2.01. The molecule has 0 bridgehead atoms. The normalized spacial score (nSPS) is 10.0. The van der Waals surface area contributed by atoms with Crippen molar-refractivity contribution in [2.75, 3.05) is 6.54 Å². The number of alkyl carbamates (subject to hydrolysis) is 1. The van der Waals surface area contributed by atoms with Gasteiger partial charge in [-0.2, -0.15) is 0 Å². The van der Waals surface area contributed by atoms with E-state index in [1.54, 1.807) is 12.1 Å². The van der Waals surface area contributed by atoms with Crippen LogP contribution in [0.4, 0.5) is 4.79 Å². The molecule has 3 aromatic carbocycles. The Hall–Kier alpha value is -3.45. The van der Waals surface area contributed by atoms with Crippen molar-refractivity contribution in [1.82, 2.24) is 5.32 Å². The molecule has 0 heterocycles. The summed E-state index contributed by atoms with van der Waals surface area (Å²) in [6.45, 7) is 0.678. The average Bonchev–Trinajstić information content (AvgIpc) is 2.66. The van der Waals surface area contributed by atoms with Crippen molar-refractivity contribution in [3.63, 3.8) is 0 Å². The Labute approximate surface area is 152 Å². The van der Waals surface area contributed by atoms with E-state index < -0.39 is 6.09 Å². The minimum Gasteiger partial charge on any atom is -0.508 e. The highest BCUT2D eigenvalue weighted by molar-refractivity contribution is 5.85. The summed E-state index contributed by atoms with van der Waals surface area (Å²) in [5, 5.41) is 14.2. The lowest BCUT2D eigenvalue weighted by atomic mass is 10.1. The van der Waals surface area contributed by atoms with Crippen LogP contribution >= 0.6 is 0 Å². The second-order valence-corrected chi connectivity index (χ2v) is 5.79. The van der Waals surface area contributed by atoms with E-state index in [1.807, 2.05) is 54.6 Å². The summed E-state index contributed by atoms with van der Waals surface area (Å²) < 4.78 is 5.13. The summed E-state index contributed by atoms with van der Waals surface area (Å²) in [4.78, 5) is 11.6. The van der Waals surface area contributed by atoms with Crippen molar-refractivity contribution < 1.29 is 14.6 Å². The summed E-state index contributed by atoms with van der Waals surface area (Å²) in [6.07, 6.45) is 0.0789. The van der Waals surface area contributed by atoms with Gasteiger partial charge in [-0.1, -0.05) is 54.3 Å². The summed E-state index contributed by atoms with van der Waals surface area (Å²) in [5.41, 5.74) is 1.82. The number of fused-ring (bicyclic) bond motifs is 1. The molecule has 130 valence electrons. The van der Waals surface area contributed by atoms with E-state index in [9.17, 15) is 9.90 Å². The van der Waals surface area contributed by atoms with Crippen LogP contribution in [-0.2, 0) is 11.3 Å². The number of phenolic OH excluding ortho intramolecular Hbond substituents is 1. The minimum absolute atomic E-state index is 0.237. The lowest BCUT2D eigenvalue weighted by Crippen LogP contribution is -2.24. The molecule has 0 spiro atoms. The van der Waals surface area contributed by atoms with Crippen LogP contribution in [0.15, 0.2) is 66.7 Å². The first-order valence-electron chi connectivity index (χ1n) is 8.37. The van der Waals surface area contributed by atoms with Gasteiger partial charge >= 0.3 is 6.09 Å². The molecule has 1 amide bonds. The van der Waals surface area contributed by atoms with Gasteiger partial charge in [-0.15, -0.1) is 0 Å². The molecule has 0 unspecified atom stereocenters. The fourth-order valence-corrected chi connectivity index (χ4v) is 2.48. The molecule has 3 aromatic rings. The van der Waals surface area contributed by atoms with E-state index in [2.05, 4.69) is 17.2 Å². The van der Waals surface area contributed by atoms with Crippen LogP contribution in [0.1, 0.15) is 17.5 Å². The number of carbonyl (C=O) groups is 1. The Morgan fingerprint density at radius 1 is 1.00 bits per heavy atom. The van der Waals surface area contributed by atoms with E-state index in [4.69, 9.17) is 4.74 Å². The predicted molar refractivity (Wildman–Crippen MR) is 102 cm³/mol. The average molecular weight is 345 g/mol. The largest absolute Gasteiger partial charge is 0.508 e. The maximum atomic E-state index is 11.6. The van der Waals surface area contributed by atoms with Crippen molar-refractivity contribution >= 4 is 16.9 Å². The third-order valence-electron chi connectivity index (χ3n) is 3.79. The van der Waals surface area contributed by atoms with Gasteiger partial charge in [0.2, 0.25) is 0 Å². The maximum absolute atomic E-state index is 11.6. The summed E-state index contributed by atoms with van der Waals surface area (Å²) in [6, 6.07) is 20.6. The molecule has 0 atom stereocenters. The molecule has 0 aliphatic carbocycles. The molecule has 4 heteroatoms. The third-order valence-corrected chi connectivity index (χ3v) is 3.79. The van der Waals surface area contributed by atoms with Crippen molar-refractivity contribution in [3.05, 3.63) is 77.9 Å². The van der Waals surface area contributed by atoms with Gasteiger partial charge in [0.1, 0.15) is 12.4 Å². The smallest absolute Gasteiger partial charge is 0.407 e. The minimum atomic E-state index is -0.447. The number of carbonyl (C=O) groups excluding carboxylic acids is 1. The summed E-state index contributed by atoms with van der Waals surface area (Å²) in [7, 11) is 0. The Morgan fingerprint density at radius 3 is 2.65 bits per heavy atom. The molecule has 0 aliphatic rings. The number of aromatic hydroxyl groups is 1. The van der Waals surface area contributed by atoms with Gasteiger partial charge in [0.05, 0.1) is 0 Å². The van der Waals surface area contributed by atoms with Gasteiger partial charge in [0.15, 0.2) is 0 Å². The van der Waals surface area contributed by atoms with Crippen LogP contribution in [0.3, 0.4) is 0 Å². The topological polar surface area (TPSA) is 58.6 Å². The van der Waals surface area contributed by atoms with E-state index >= 15 is 0 Å². The van der Waals surface area contributed by atoms with E-state index in [1.165, 1.54) is 0 Å². The van der Waals surface area contributed by atoms with Crippen LogP contribution in [0.5, 0.6) is 5.75 Å². The zero-order valence-corrected chi connectivity index (χ0v) is 14.2. The number of hydrogen-bond acceptors (Lipinski definition) is 3. The molecule has 4 nitrogen and oxygen atoms in total. The van der Waals surface area contributed by atoms with Crippen LogP contribution in [0, 0.1) is 11.8 Å². The van der Waals surface area contributed by atoms with Crippen molar-refractivity contribution in [2.45, 2.75) is 13.0 Å². The van der Waals surface area contributed by atoms with Crippen LogP contribution in [0.25, 0.3) is 10.8 Å². The van der Waals surface area contributed by atoms with Gasteiger partial charge in [-0.3, -0.25) is 0 Å². The first-order chi connectivity index (χ1) is 12.7. The monoisotopic (exact) mass is 345 g/mol. The number of rotatable bonds is 4. The predicted octanol–water partition coefficient (Wildman–Crippen LogP) is 4.21. The molecule has 0 saturated heterocycles. The van der Waals surface area contributed by atoms with Crippen LogP contribution < -0.4 is 5.32 Å². The molecular weight excluding hydrogens is 326 g/mol. The summed E-state index contributed by atoms with van der Waals surface area (Å²) in [5.74, 6) is 6.33. The fraction of sp³-hybridized carbons (Fsp3) is 0.136. The molecule has 0 saturated carbocycles. The molecule has 26 heavy (non-hydrogen) atoms. The quantitative estimate of drug-likeness (QED) is 0.550. The van der Waals surface area contributed by atoms with Crippen LogP contribution in [-0.4, -0.2) is 17.7 Å². The fourth-order valence-electron chi connectivity index (χ4n) is 2.48. The first-order valence-corrected chi connectivity index (χ1v) is 8.37. The number of benzene rings is 3. The number of hydrogen-bond donors (Lipinski definition) is 2. The molecule has 0 radical (unpaired) electrons. The molecule has 0 aliphatic heterocycles. The standard InChI is InChI=1S/C22H19NO3/c24-21-12-11-19-10-9-17(14-20(19)15-21)6-4-5-13-23-22(25)26-16-18-7-2-1-3-8-18/h1-3,7-12,14-15,24H,5,13,16H2,(H,23,25). The Balaban J connectivity index is 1.44. The second-order valence-electron chi connectivity index (χ2n) is 5.79. The summed E-state index contributed by atoms with van der Waals surface area (Å²) >= 11 is 0. The molecule has 2 N–H and O–H groups in total. The van der Waals surface area contributed by atoms with Gasteiger partial charge in [-0.25, -0.2) is 4.79 Å². The van der Waals surface area contributed by atoms with E-state index in [0.29, 0.717) is 13.0 Å². The highest BCUT2D eigenvalue weighted by atomic mass is 16.5. The van der Waals surface area contributed by atoms with Gasteiger partial charge in [0.25, 0.3) is 0 Å². The Bertz CT molecular complexity index is 955. The number of phenols is 1. The van der Waals surface area contributed by atoms with Crippen molar-refractivity contribution in [3.8, 4) is 17.6 Å². The molecule has 3 rings (SSSR count). The molecular formula is C22H19NO3. The van der Waals surface area contributed by atoms with Crippen molar-refractivity contribution in [1.29, 1.82) is 0 Å². The first kappa shape index (κ1) is 17.4. The van der Waals surface area contributed by atoms with Gasteiger partial charge in [-0.05, 0) is 40.6 Å². The molecule has 0 fully saturated rings. The third kappa shape index (κ3) is 5.02. The Morgan fingerprint density at radius 2 is 1.81 bits per heavy atom. The van der Waals surface area contributed by atoms with E-state index in [0.717, 1.165) is 21.9 Å². The highest BCUT2D eigenvalue weighted by Crippen LogP contribution is 2.20. The van der Waals surface area contributed by atoms with Crippen LogP contribution in [0.2, 0.25) is 0 Å². The maximum Gasteiger partial charge on any atom is 0.407 e. The number of ether oxygens (including phenoxy) is 1. The lowest BCUT2D eigenvalue weighted by Gasteiger charge is -2.05. The van der Waals surface area contributed by atoms with E-state index in [-0.39, 0.29) is 12.4 Å². The van der Waals surface area contributed by atoms with Crippen molar-refractivity contribution in [2.24, 2.45) is 0 Å².